The Bertz CT molecular complexity index is 828. The van der Waals surface area contributed by atoms with Crippen LogP contribution in [0.25, 0.3) is 9.88 Å². The summed E-state index contributed by atoms with van der Waals surface area (Å²) >= 11 is 8.95. The van der Waals surface area contributed by atoms with Crippen molar-refractivity contribution >= 4 is 40.2 Å². The number of hydrogen-bond donors (Lipinski definition) is 1. The van der Waals surface area contributed by atoms with Gasteiger partial charge >= 0.3 is 0 Å². The Hall–Kier alpha value is -1.76. The molecule has 1 N–H and O–H groups in total. The summed E-state index contributed by atoms with van der Waals surface area (Å²) < 4.78 is 0.736. The Morgan fingerprint density at radius 1 is 1.22 bits per heavy atom. The molecule has 0 aromatic carbocycles. The lowest BCUT2D eigenvalue weighted by Crippen LogP contribution is -2.25. The van der Waals surface area contributed by atoms with Crippen LogP contribution in [0.1, 0.15) is 17.1 Å². The first-order valence-corrected chi connectivity index (χ1v) is 9.07. The number of thiazole rings is 1. The largest absolute Gasteiger partial charge is 0.350 e. The molecular formula is C16H14ClN3OS2. The van der Waals surface area contributed by atoms with Crippen molar-refractivity contribution in [2.75, 3.05) is 0 Å². The van der Waals surface area contributed by atoms with Crippen molar-refractivity contribution in [3.63, 3.8) is 0 Å². The Morgan fingerprint density at radius 2 is 2.09 bits per heavy atom. The molecule has 0 saturated carbocycles. The third kappa shape index (κ3) is 4.37. The number of pyridine rings is 1. The molecule has 0 aliphatic rings. The molecule has 3 rings (SSSR count). The second-order valence-corrected chi connectivity index (χ2v) is 7.54. The molecule has 3 aromatic rings. The van der Waals surface area contributed by atoms with Crippen LogP contribution in [-0.4, -0.2) is 15.9 Å². The number of aromatic nitrogens is 2. The van der Waals surface area contributed by atoms with Gasteiger partial charge in [0.2, 0.25) is 5.91 Å². The highest BCUT2D eigenvalue weighted by molar-refractivity contribution is 7.23. The number of halogens is 1. The smallest absolute Gasteiger partial charge is 0.226 e. The molecule has 23 heavy (non-hydrogen) atoms. The molecular weight excluding hydrogens is 350 g/mol. The van der Waals surface area contributed by atoms with Crippen LogP contribution in [-0.2, 0) is 17.8 Å². The van der Waals surface area contributed by atoms with E-state index in [0.717, 1.165) is 31.3 Å². The summed E-state index contributed by atoms with van der Waals surface area (Å²) in [5, 5.41) is 5.68. The van der Waals surface area contributed by atoms with E-state index in [-0.39, 0.29) is 12.3 Å². The van der Waals surface area contributed by atoms with Crippen LogP contribution in [0.2, 0.25) is 4.34 Å². The predicted octanol–water partition coefficient (Wildman–Crippen LogP) is 4.09. The van der Waals surface area contributed by atoms with Crippen LogP contribution < -0.4 is 5.32 Å². The van der Waals surface area contributed by atoms with E-state index in [2.05, 4.69) is 15.3 Å². The number of nitrogens with one attached hydrogen (secondary N) is 1. The van der Waals surface area contributed by atoms with Gasteiger partial charge in [0.05, 0.1) is 33.6 Å². The third-order valence-corrected chi connectivity index (χ3v) is 5.38. The zero-order valence-electron chi connectivity index (χ0n) is 12.4. The lowest BCUT2D eigenvalue weighted by molar-refractivity contribution is -0.120. The van der Waals surface area contributed by atoms with Crippen LogP contribution in [0.3, 0.4) is 0 Å². The van der Waals surface area contributed by atoms with E-state index in [1.54, 1.807) is 0 Å². The van der Waals surface area contributed by atoms with E-state index in [1.165, 1.54) is 22.7 Å². The third-order valence-electron chi connectivity index (χ3n) is 3.09. The van der Waals surface area contributed by atoms with E-state index >= 15 is 0 Å². The lowest BCUT2D eigenvalue weighted by atomic mass is 10.3. The summed E-state index contributed by atoms with van der Waals surface area (Å²) in [4.78, 5) is 21.9. The summed E-state index contributed by atoms with van der Waals surface area (Å²) in [6.07, 6.45) is 0.265. The van der Waals surface area contributed by atoms with Crippen molar-refractivity contribution in [2.45, 2.75) is 19.9 Å². The number of nitrogens with zero attached hydrogens (tertiary/aromatic N) is 2. The van der Waals surface area contributed by atoms with Gasteiger partial charge in [-0.2, -0.15) is 0 Å². The maximum Gasteiger partial charge on any atom is 0.226 e. The molecule has 0 fully saturated rings. The minimum atomic E-state index is -0.0608. The van der Waals surface area contributed by atoms with E-state index in [1.807, 2.05) is 42.6 Å². The molecule has 0 aliphatic heterocycles. The van der Waals surface area contributed by atoms with Crippen molar-refractivity contribution in [3.8, 4) is 9.88 Å². The quantitative estimate of drug-likeness (QED) is 0.742. The van der Waals surface area contributed by atoms with Gasteiger partial charge in [-0.1, -0.05) is 17.7 Å². The normalized spacial score (nSPS) is 10.7. The fourth-order valence-corrected chi connectivity index (χ4v) is 3.98. The summed E-state index contributed by atoms with van der Waals surface area (Å²) in [6.45, 7) is 2.36. The molecule has 0 bridgehead atoms. The maximum atomic E-state index is 12.0. The van der Waals surface area contributed by atoms with Crippen molar-refractivity contribution in [1.29, 1.82) is 0 Å². The average molecular weight is 364 g/mol. The van der Waals surface area contributed by atoms with Crippen molar-refractivity contribution in [3.05, 3.63) is 57.1 Å². The number of aryl methyl sites for hydroxylation is 1. The SMILES string of the molecule is Cc1cccc(CNC(=O)Cc2csc(-c3ccc(Cl)s3)n2)n1. The molecule has 0 atom stereocenters. The van der Waals surface area contributed by atoms with Crippen LogP contribution in [0.5, 0.6) is 0 Å². The van der Waals surface area contributed by atoms with E-state index < -0.39 is 0 Å². The second-order valence-electron chi connectivity index (χ2n) is 4.97. The van der Waals surface area contributed by atoms with Crippen LogP contribution in [0, 0.1) is 6.92 Å². The summed E-state index contributed by atoms with van der Waals surface area (Å²) in [7, 11) is 0. The highest BCUT2D eigenvalue weighted by Gasteiger charge is 2.10. The van der Waals surface area contributed by atoms with Gasteiger partial charge in [-0.25, -0.2) is 4.98 Å². The van der Waals surface area contributed by atoms with Gasteiger partial charge in [0.25, 0.3) is 0 Å². The Morgan fingerprint density at radius 3 is 2.83 bits per heavy atom. The number of carbonyl (C=O) groups is 1. The molecule has 4 nitrogen and oxygen atoms in total. The first kappa shape index (κ1) is 16.1. The monoisotopic (exact) mass is 363 g/mol. The number of carbonyl (C=O) groups excluding carboxylic acids is 1. The highest BCUT2D eigenvalue weighted by atomic mass is 35.5. The van der Waals surface area contributed by atoms with Gasteiger partial charge in [-0.05, 0) is 31.2 Å². The number of rotatable bonds is 5. The highest BCUT2D eigenvalue weighted by Crippen LogP contribution is 2.32. The fourth-order valence-electron chi connectivity index (χ4n) is 2.04. The van der Waals surface area contributed by atoms with Gasteiger partial charge < -0.3 is 5.32 Å². The number of amides is 1. The summed E-state index contributed by atoms with van der Waals surface area (Å²) in [5.41, 5.74) is 2.56. The van der Waals surface area contributed by atoms with Gasteiger partial charge in [0, 0.05) is 11.1 Å². The molecule has 0 unspecified atom stereocenters. The van der Waals surface area contributed by atoms with Crippen molar-refractivity contribution in [1.82, 2.24) is 15.3 Å². The average Bonchev–Trinajstić information content (AvgIpc) is 3.14. The molecule has 1 amide bonds. The number of hydrogen-bond acceptors (Lipinski definition) is 5. The molecule has 7 heteroatoms. The maximum absolute atomic E-state index is 12.0. The van der Waals surface area contributed by atoms with Crippen molar-refractivity contribution < 1.29 is 4.79 Å². The van der Waals surface area contributed by atoms with Crippen LogP contribution in [0.15, 0.2) is 35.7 Å². The van der Waals surface area contributed by atoms with E-state index in [9.17, 15) is 4.79 Å². The van der Waals surface area contributed by atoms with Crippen LogP contribution in [0.4, 0.5) is 0 Å². The molecule has 0 spiro atoms. The van der Waals surface area contributed by atoms with Gasteiger partial charge in [-0.3, -0.25) is 9.78 Å². The molecule has 118 valence electrons. The Balaban J connectivity index is 1.57. The number of thiophene rings is 1. The topological polar surface area (TPSA) is 54.9 Å². The molecule has 3 heterocycles. The molecule has 0 aliphatic carbocycles. The summed E-state index contributed by atoms with van der Waals surface area (Å²) in [5.74, 6) is -0.0608. The standard InChI is InChI=1S/C16H14ClN3OS2/c1-10-3-2-4-11(19-10)8-18-15(21)7-12-9-22-16(20-12)13-5-6-14(17)23-13/h2-6,9H,7-8H2,1H3,(H,18,21). The Kier molecular flexibility index (Phi) is 5.05. The van der Waals surface area contributed by atoms with Crippen LogP contribution >= 0.6 is 34.3 Å². The lowest BCUT2D eigenvalue weighted by Gasteiger charge is -2.04. The summed E-state index contributed by atoms with van der Waals surface area (Å²) in [6, 6.07) is 9.56. The molecule has 0 saturated heterocycles. The van der Waals surface area contributed by atoms with E-state index in [4.69, 9.17) is 11.6 Å². The van der Waals surface area contributed by atoms with Gasteiger partial charge in [0.1, 0.15) is 5.01 Å². The van der Waals surface area contributed by atoms with Gasteiger partial charge in [-0.15, -0.1) is 22.7 Å². The molecule has 0 radical (unpaired) electrons. The zero-order chi connectivity index (χ0) is 16.2. The zero-order valence-corrected chi connectivity index (χ0v) is 14.8. The van der Waals surface area contributed by atoms with Gasteiger partial charge in [0.15, 0.2) is 0 Å². The van der Waals surface area contributed by atoms with Crippen molar-refractivity contribution in [2.24, 2.45) is 0 Å². The minimum absolute atomic E-state index is 0.0608. The van der Waals surface area contributed by atoms with E-state index in [0.29, 0.717) is 6.54 Å². The second kappa shape index (κ2) is 7.21. The minimum Gasteiger partial charge on any atom is -0.350 e. The first-order chi connectivity index (χ1) is 11.1. The first-order valence-electron chi connectivity index (χ1n) is 6.99. The Labute approximate surface area is 147 Å². The fraction of sp³-hybridized carbons (Fsp3) is 0.188. The molecule has 3 aromatic heterocycles. The predicted molar refractivity (Wildman–Crippen MR) is 95.0 cm³/mol.